The highest BCUT2D eigenvalue weighted by molar-refractivity contribution is 6.31. The van der Waals surface area contributed by atoms with E-state index in [-0.39, 0.29) is 0 Å². The van der Waals surface area contributed by atoms with Crippen molar-refractivity contribution >= 4 is 11.6 Å². The first-order chi connectivity index (χ1) is 5.13. The minimum Gasteiger partial charge on any atom is -0.0991 e. The number of halogens is 1. The van der Waals surface area contributed by atoms with E-state index >= 15 is 0 Å². The van der Waals surface area contributed by atoms with E-state index in [4.69, 9.17) is 11.6 Å². The predicted octanol–water partition coefficient (Wildman–Crippen LogP) is 3.90. The smallest absolute Gasteiger partial charge is 0.0368 e. The molecule has 0 fully saturated rings. The molecule has 11 heavy (non-hydrogen) atoms. The Labute approximate surface area is 74.3 Å². The van der Waals surface area contributed by atoms with Gasteiger partial charge in [0, 0.05) is 5.03 Å². The molecule has 1 unspecified atom stereocenters. The maximum atomic E-state index is 5.79. The maximum Gasteiger partial charge on any atom is 0.0368 e. The molecule has 0 nitrogen and oxygen atoms in total. The van der Waals surface area contributed by atoms with Crippen molar-refractivity contribution in [1.29, 1.82) is 0 Å². The molecule has 0 rings (SSSR count). The average molecular weight is 171 g/mol. The molecular weight excluding hydrogens is 156 g/mol. The molecule has 0 aliphatic heterocycles. The van der Waals surface area contributed by atoms with Crippen molar-refractivity contribution in [2.45, 2.75) is 20.3 Å². The molecule has 0 spiro atoms. The van der Waals surface area contributed by atoms with Crippen LogP contribution in [0, 0.1) is 5.92 Å². The summed E-state index contributed by atoms with van der Waals surface area (Å²) in [4.78, 5) is 0. The Kier molecular flexibility index (Phi) is 4.97. The minimum absolute atomic E-state index is 0.470. The third-order valence-electron chi connectivity index (χ3n) is 1.75. The van der Waals surface area contributed by atoms with Crippen molar-refractivity contribution in [1.82, 2.24) is 0 Å². The van der Waals surface area contributed by atoms with Crippen LogP contribution in [0.15, 0.2) is 35.9 Å². The van der Waals surface area contributed by atoms with Crippen molar-refractivity contribution in [2.75, 3.05) is 0 Å². The van der Waals surface area contributed by atoms with Gasteiger partial charge in [0.2, 0.25) is 0 Å². The van der Waals surface area contributed by atoms with Crippen molar-refractivity contribution in [3.05, 3.63) is 35.9 Å². The third-order valence-corrected chi connectivity index (χ3v) is 1.97. The van der Waals surface area contributed by atoms with E-state index < -0.39 is 0 Å². The van der Waals surface area contributed by atoms with E-state index in [2.05, 4.69) is 27.0 Å². The fourth-order valence-electron chi connectivity index (χ4n) is 0.869. The monoisotopic (exact) mass is 170 g/mol. The van der Waals surface area contributed by atoms with Gasteiger partial charge in [0.05, 0.1) is 0 Å². The molecule has 0 aliphatic rings. The van der Waals surface area contributed by atoms with Crippen molar-refractivity contribution in [3.8, 4) is 0 Å². The van der Waals surface area contributed by atoms with Crippen LogP contribution in [0.25, 0.3) is 0 Å². The number of hydrogen-bond acceptors (Lipinski definition) is 0. The number of hydrogen-bond donors (Lipinski definition) is 0. The Hall–Kier alpha value is -0.490. The Balaban J connectivity index is 4.46. The summed E-state index contributed by atoms with van der Waals surface area (Å²) in [6, 6.07) is 0. The molecule has 0 saturated carbocycles. The van der Waals surface area contributed by atoms with Crippen LogP contribution in [0.2, 0.25) is 0 Å². The van der Waals surface area contributed by atoms with Crippen molar-refractivity contribution in [3.63, 3.8) is 0 Å². The summed E-state index contributed by atoms with van der Waals surface area (Å²) in [5.41, 5.74) is 1.09. The molecule has 0 radical (unpaired) electrons. The summed E-state index contributed by atoms with van der Waals surface area (Å²) >= 11 is 5.79. The van der Waals surface area contributed by atoms with Crippen LogP contribution in [0.5, 0.6) is 0 Å². The molecule has 1 atom stereocenters. The second-order valence-electron chi connectivity index (χ2n) is 2.57. The van der Waals surface area contributed by atoms with E-state index in [9.17, 15) is 0 Å². The summed E-state index contributed by atoms with van der Waals surface area (Å²) in [6.45, 7) is 11.6. The van der Waals surface area contributed by atoms with E-state index in [1.807, 2.05) is 6.08 Å². The fraction of sp³-hybridized carbons (Fsp3) is 0.400. The molecule has 0 heterocycles. The summed E-state index contributed by atoms with van der Waals surface area (Å²) in [5, 5.41) is 0.624. The lowest BCUT2D eigenvalue weighted by Crippen LogP contribution is -1.96. The lowest BCUT2D eigenvalue weighted by molar-refractivity contribution is 0.668. The molecule has 1 heteroatoms. The predicted molar refractivity (Wildman–Crippen MR) is 52.7 cm³/mol. The van der Waals surface area contributed by atoms with Gasteiger partial charge >= 0.3 is 0 Å². The lowest BCUT2D eigenvalue weighted by atomic mass is 9.98. The van der Waals surface area contributed by atoms with Gasteiger partial charge < -0.3 is 0 Å². The quantitative estimate of drug-likeness (QED) is 0.562. The van der Waals surface area contributed by atoms with Gasteiger partial charge in [-0.05, 0) is 17.9 Å². The van der Waals surface area contributed by atoms with E-state index in [1.54, 1.807) is 6.08 Å². The van der Waals surface area contributed by atoms with Gasteiger partial charge in [-0.3, -0.25) is 0 Å². The third kappa shape index (κ3) is 3.43. The molecule has 0 aromatic heterocycles. The van der Waals surface area contributed by atoms with Gasteiger partial charge in [-0.15, -0.1) is 0 Å². The molecule has 0 aromatic rings. The Morgan fingerprint density at radius 2 is 2.18 bits per heavy atom. The molecule has 0 saturated heterocycles. The second-order valence-corrected chi connectivity index (χ2v) is 3.03. The molecule has 0 amide bonds. The lowest BCUT2D eigenvalue weighted by Gasteiger charge is -2.11. The highest BCUT2D eigenvalue weighted by atomic mass is 35.5. The van der Waals surface area contributed by atoms with Gasteiger partial charge in [0.15, 0.2) is 0 Å². The normalized spacial score (nSPS) is 14.3. The molecule has 0 aliphatic carbocycles. The van der Waals surface area contributed by atoms with Gasteiger partial charge in [-0.25, -0.2) is 0 Å². The summed E-state index contributed by atoms with van der Waals surface area (Å²) in [7, 11) is 0. The summed E-state index contributed by atoms with van der Waals surface area (Å²) in [5.74, 6) is 0.470. The maximum absolute atomic E-state index is 5.79. The molecular formula is C10H15Cl. The topological polar surface area (TPSA) is 0 Å². The standard InChI is InChI=1S/C10H15Cl/c1-5-7-10(9(4)11)8(3)6-2/h5,7-8H,1,4,6H2,2-3H3/b10-7-. The largest absolute Gasteiger partial charge is 0.0991 e. The van der Waals surface area contributed by atoms with Crippen LogP contribution in [0.4, 0.5) is 0 Å². The van der Waals surface area contributed by atoms with Crippen molar-refractivity contribution < 1.29 is 0 Å². The van der Waals surface area contributed by atoms with E-state index in [0.29, 0.717) is 11.0 Å². The number of rotatable bonds is 4. The van der Waals surface area contributed by atoms with Crippen LogP contribution >= 0.6 is 11.6 Å². The van der Waals surface area contributed by atoms with Crippen LogP contribution in [0.1, 0.15) is 20.3 Å². The second kappa shape index (κ2) is 5.20. The first-order valence-corrected chi connectivity index (χ1v) is 4.18. The zero-order chi connectivity index (χ0) is 8.85. The Morgan fingerprint density at radius 1 is 1.64 bits per heavy atom. The molecule has 0 bridgehead atoms. The van der Waals surface area contributed by atoms with Gasteiger partial charge in [0.1, 0.15) is 0 Å². The van der Waals surface area contributed by atoms with Crippen LogP contribution < -0.4 is 0 Å². The fourth-order valence-corrected chi connectivity index (χ4v) is 1.12. The van der Waals surface area contributed by atoms with E-state index in [0.717, 1.165) is 12.0 Å². The van der Waals surface area contributed by atoms with E-state index in [1.165, 1.54) is 0 Å². The number of allylic oxidation sites excluding steroid dienone is 4. The minimum atomic E-state index is 0.470. The Morgan fingerprint density at radius 3 is 2.45 bits per heavy atom. The first kappa shape index (κ1) is 10.5. The van der Waals surface area contributed by atoms with Gasteiger partial charge in [-0.1, -0.05) is 50.8 Å². The van der Waals surface area contributed by atoms with Crippen LogP contribution in [-0.4, -0.2) is 0 Å². The summed E-state index contributed by atoms with van der Waals surface area (Å²) < 4.78 is 0. The average Bonchev–Trinajstić information content (AvgIpc) is 1.98. The SMILES string of the molecule is C=C/C=C(\C(=C)Cl)C(C)CC. The summed E-state index contributed by atoms with van der Waals surface area (Å²) in [6.07, 6.45) is 4.74. The van der Waals surface area contributed by atoms with Crippen LogP contribution in [-0.2, 0) is 0 Å². The van der Waals surface area contributed by atoms with Crippen molar-refractivity contribution in [2.24, 2.45) is 5.92 Å². The van der Waals surface area contributed by atoms with Gasteiger partial charge in [-0.2, -0.15) is 0 Å². The zero-order valence-corrected chi connectivity index (χ0v) is 7.99. The van der Waals surface area contributed by atoms with Crippen LogP contribution in [0.3, 0.4) is 0 Å². The Bertz CT molecular complexity index is 177. The van der Waals surface area contributed by atoms with Gasteiger partial charge in [0.25, 0.3) is 0 Å². The highest BCUT2D eigenvalue weighted by Crippen LogP contribution is 2.23. The molecule has 62 valence electrons. The molecule has 0 aromatic carbocycles. The first-order valence-electron chi connectivity index (χ1n) is 3.80. The zero-order valence-electron chi connectivity index (χ0n) is 7.23. The molecule has 0 N–H and O–H groups in total. The highest BCUT2D eigenvalue weighted by Gasteiger charge is 2.06.